The third-order valence-electron chi connectivity index (χ3n) is 7.35. The predicted molar refractivity (Wildman–Crippen MR) is 146 cm³/mol. The van der Waals surface area contributed by atoms with E-state index in [2.05, 4.69) is 18.2 Å². The number of nitrogens with zero attached hydrogens (tertiary/aromatic N) is 1. The molecule has 2 aliphatic rings. The van der Waals surface area contributed by atoms with Crippen LogP contribution in [-0.2, 0) is 9.59 Å². The number of fused-ring (bicyclic) bond motifs is 1. The molecule has 1 heterocycles. The molecule has 2 atom stereocenters. The van der Waals surface area contributed by atoms with Gasteiger partial charge >= 0.3 is 0 Å². The van der Waals surface area contributed by atoms with E-state index in [0.29, 0.717) is 28.5 Å². The number of benzene rings is 4. The van der Waals surface area contributed by atoms with Crippen molar-refractivity contribution < 1.29 is 9.59 Å². The fourth-order valence-electron chi connectivity index (χ4n) is 5.67. The second-order valence-corrected chi connectivity index (χ2v) is 10.2. The highest BCUT2D eigenvalue weighted by Crippen LogP contribution is 2.48. The van der Waals surface area contributed by atoms with Crippen molar-refractivity contribution >= 4 is 51.4 Å². The zero-order valence-electron chi connectivity index (χ0n) is 19.5. The number of hydrogen-bond acceptors (Lipinski definition) is 2. The lowest BCUT2D eigenvalue weighted by atomic mass is 9.72. The van der Waals surface area contributed by atoms with Gasteiger partial charge in [0.1, 0.15) is 0 Å². The van der Waals surface area contributed by atoms with Crippen LogP contribution < -0.4 is 4.90 Å². The first-order chi connectivity index (χ1) is 17.5. The lowest BCUT2D eigenvalue weighted by Gasteiger charge is -2.40. The van der Waals surface area contributed by atoms with Crippen LogP contribution in [0.4, 0.5) is 5.69 Å². The Morgan fingerprint density at radius 1 is 0.722 bits per heavy atom. The average Bonchev–Trinajstić information content (AvgIpc) is 2.90. The van der Waals surface area contributed by atoms with Gasteiger partial charge in [0.15, 0.2) is 5.78 Å². The van der Waals surface area contributed by atoms with Crippen LogP contribution in [0, 0.1) is 0 Å². The summed E-state index contributed by atoms with van der Waals surface area (Å²) in [5.41, 5.74) is 4.07. The maximum absolute atomic E-state index is 13.8. The minimum atomic E-state index is -0.417. The molecular weight excluding hydrogens is 489 g/mol. The van der Waals surface area contributed by atoms with E-state index in [1.165, 1.54) is 0 Å². The SMILES string of the molecule is O=C1CC(c2ccccc2)CC2=C1C(c1cccc(Cl)c1Cl)CC(=O)N2c1ccc2ccccc2c1. The predicted octanol–water partition coefficient (Wildman–Crippen LogP) is 8.07. The molecule has 0 aromatic heterocycles. The van der Waals surface area contributed by atoms with Gasteiger partial charge in [-0.15, -0.1) is 0 Å². The third kappa shape index (κ3) is 3.93. The van der Waals surface area contributed by atoms with E-state index in [4.69, 9.17) is 23.2 Å². The van der Waals surface area contributed by atoms with Gasteiger partial charge < -0.3 is 0 Å². The highest BCUT2D eigenvalue weighted by molar-refractivity contribution is 6.42. The van der Waals surface area contributed by atoms with E-state index in [-0.39, 0.29) is 24.0 Å². The minimum absolute atomic E-state index is 0.00166. The molecule has 1 aliphatic heterocycles. The van der Waals surface area contributed by atoms with Gasteiger partial charge in [-0.05, 0) is 52.4 Å². The van der Waals surface area contributed by atoms with Crippen LogP contribution in [0.1, 0.15) is 42.2 Å². The number of carbonyl (C=O) groups excluding carboxylic acids is 2. The van der Waals surface area contributed by atoms with Crippen LogP contribution in [0.5, 0.6) is 0 Å². The first kappa shape index (κ1) is 23.0. The van der Waals surface area contributed by atoms with Crippen LogP contribution in [0.15, 0.2) is 102 Å². The summed E-state index contributed by atoms with van der Waals surface area (Å²) in [5.74, 6) is -0.405. The molecule has 0 saturated carbocycles. The van der Waals surface area contributed by atoms with Gasteiger partial charge in [-0.2, -0.15) is 0 Å². The second-order valence-electron chi connectivity index (χ2n) is 9.46. The van der Waals surface area contributed by atoms with Crippen LogP contribution in [-0.4, -0.2) is 11.7 Å². The molecule has 0 fully saturated rings. The van der Waals surface area contributed by atoms with Crippen molar-refractivity contribution in [3.8, 4) is 0 Å². The Morgan fingerprint density at radius 3 is 2.28 bits per heavy atom. The van der Waals surface area contributed by atoms with Crippen molar-refractivity contribution in [2.75, 3.05) is 4.90 Å². The summed E-state index contributed by atoms with van der Waals surface area (Å²) >= 11 is 12.9. The van der Waals surface area contributed by atoms with Crippen LogP contribution in [0.2, 0.25) is 10.0 Å². The number of ketones is 1. The third-order valence-corrected chi connectivity index (χ3v) is 8.18. The van der Waals surface area contributed by atoms with Gasteiger partial charge in [0, 0.05) is 35.7 Å². The number of Topliss-reactive ketones (excluding diaryl/α,β-unsaturated/α-hetero) is 1. The molecule has 2 unspecified atom stereocenters. The van der Waals surface area contributed by atoms with Crippen molar-refractivity contribution in [2.45, 2.75) is 31.1 Å². The molecule has 36 heavy (non-hydrogen) atoms. The fraction of sp³-hybridized carbons (Fsp3) is 0.161. The topological polar surface area (TPSA) is 37.4 Å². The largest absolute Gasteiger partial charge is 0.294 e. The highest BCUT2D eigenvalue weighted by Gasteiger charge is 2.43. The molecule has 0 N–H and O–H groups in total. The zero-order chi connectivity index (χ0) is 24.8. The number of anilines is 1. The number of hydrogen-bond donors (Lipinski definition) is 0. The molecule has 0 saturated heterocycles. The van der Waals surface area contributed by atoms with E-state index in [1.807, 2.05) is 66.7 Å². The van der Waals surface area contributed by atoms with Crippen molar-refractivity contribution in [1.82, 2.24) is 0 Å². The van der Waals surface area contributed by atoms with E-state index in [9.17, 15) is 9.59 Å². The zero-order valence-corrected chi connectivity index (χ0v) is 21.0. The monoisotopic (exact) mass is 511 g/mol. The van der Waals surface area contributed by atoms with Gasteiger partial charge in [-0.1, -0.05) is 96.0 Å². The summed E-state index contributed by atoms with van der Waals surface area (Å²) in [5, 5.41) is 2.98. The van der Waals surface area contributed by atoms with Crippen LogP contribution in [0.25, 0.3) is 10.8 Å². The molecular formula is C31H23Cl2NO2. The summed E-state index contributed by atoms with van der Waals surface area (Å²) in [7, 11) is 0. The lowest BCUT2D eigenvalue weighted by molar-refractivity contribution is -0.120. The first-order valence-corrected chi connectivity index (χ1v) is 12.8. The van der Waals surface area contributed by atoms with Gasteiger partial charge in [-0.3, -0.25) is 14.5 Å². The fourth-order valence-corrected chi connectivity index (χ4v) is 6.11. The molecule has 0 bridgehead atoms. The Bertz CT molecular complexity index is 1540. The minimum Gasteiger partial charge on any atom is -0.294 e. The van der Waals surface area contributed by atoms with E-state index >= 15 is 0 Å². The summed E-state index contributed by atoms with van der Waals surface area (Å²) < 4.78 is 0. The molecule has 3 nitrogen and oxygen atoms in total. The van der Waals surface area contributed by atoms with Gasteiger partial charge in [0.25, 0.3) is 0 Å². The Morgan fingerprint density at radius 2 is 1.47 bits per heavy atom. The van der Waals surface area contributed by atoms with E-state index < -0.39 is 5.92 Å². The van der Waals surface area contributed by atoms with Crippen LogP contribution >= 0.6 is 23.2 Å². The summed E-state index contributed by atoms with van der Waals surface area (Å²) in [6, 6.07) is 29.6. The van der Waals surface area contributed by atoms with E-state index in [1.54, 1.807) is 11.0 Å². The Kier molecular flexibility index (Phi) is 5.91. The standard InChI is InChI=1S/C31H23Cl2NO2/c32-26-12-6-11-24(31(26)33)25-18-29(36)34(23-14-13-20-9-4-5-10-21(20)15-23)27-16-22(17-28(35)30(25)27)19-7-2-1-3-8-19/h1-15,22,25H,16-18H2. The molecule has 1 amide bonds. The maximum Gasteiger partial charge on any atom is 0.232 e. The number of rotatable bonds is 3. The first-order valence-electron chi connectivity index (χ1n) is 12.1. The van der Waals surface area contributed by atoms with Crippen molar-refractivity contribution in [3.05, 3.63) is 123 Å². The van der Waals surface area contributed by atoms with Crippen molar-refractivity contribution in [3.63, 3.8) is 0 Å². The number of allylic oxidation sites excluding steroid dienone is 2. The Balaban J connectivity index is 1.53. The lowest BCUT2D eigenvalue weighted by Crippen LogP contribution is -2.41. The van der Waals surface area contributed by atoms with Gasteiger partial charge in [0.2, 0.25) is 5.91 Å². The van der Waals surface area contributed by atoms with Gasteiger partial charge in [-0.25, -0.2) is 0 Å². The smallest absolute Gasteiger partial charge is 0.232 e. The van der Waals surface area contributed by atoms with Crippen molar-refractivity contribution in [1.29, 1.82) is 0 Å². The number of halogens is 2. The highest BCUT2D eigenvalue weighted by atomic mass is 35.5. The van der Waals surface area contributed by atoms with Gasteiger partial charge in [0.05, 0.1) is 10.0 Å². The van der Waals surface area contributed by atoms with Crippen molar-refractivity contribution in [2.24, 2.45) is 0 Å². The molecule has 0 spiro atoms. The molecule has 6 rings (SSSR count). The molecule has 0 radical (unpaired) electrons. The average molecular weight is 512 g/mol. The summed E-state index contributed by atoms with van der Waals surface area (Å²) in [6.45, 7) is 0. The number of amides is 1. The summed E-state index contributed by atoms with van der Waals surface area (Å²) in [6.07, 6.45) is 1.16. The molecule has 4 aromatic carbocycles. The summed E-state index contributed by atoms with van der Waals surface area (Å²) in [4.78, 5) is 29.4. The molecule has 4 aromatic rings. The Labute approximate surface area is 219 Å². The molecule has 5 heteroatoms. The maximum atomic E-state index is 13.8. The van der Waals surface area contributed by atoms with E-state index in [0.717, 1.165) is 33.3 Å². The second kappa shape index (κ2) is 9.24. The normalized spacial score (nSPS) is 20.1. The van der Waals surface area contributed by atoms with Crippen LogP contribution in [0.3, 0.4) is 0 Å². The quantitative estimate of drug-likeness (QED) is 0.278. The molecule has 178 valence electrons. The Hall–Kier alpha value is -3.40. The number of carbonyl (C=O) groups is 2. The molecule has 1 aliphatic carbocycles.